The maximum absolute atomic E-state index is 13.2. The predicted molar refractivity (Wildman–Crippen MR) is 81.9 cm³/mol. The van der Waals surface area contributed by atoms with Crippen LogP contribution in [0.1, 0.15) is 19.3 Å². The Morgan fingerprint density at radius 1 is 0.513 bits per heavy atom. The third kappa shape index (κ3) is 8.52. The molecule has 23 heteroatoms. The summed E-state index contributed by atoms with van der Waals surface area (Å²) in [6, 6.07) is 0. The minimum absolute atomic E-state index is 0. The molecule has 0 aliphatic rings. The van der Waals surface area contributed by atoms with Crippen molar-refractivity contribution in [1.29, 1.82) is 0 Å². The molecule has 0 aliphatic carbocycles. The monoisotopic (exact) mass is 632 g/mol. The Bertz CT molecular complexity index is 768. The van der Waals surface area contributed by atoms with Crippen LogP contribution in [0, 0.1) is 6.42 Å². The van der Waals surface area contributed by atoms with Crippen LogP contribution in [0.25, 0.3) is 0 Å². The van der Waals surface area contributed by atoms with Crippen LogP contribution in [-0.4, -0.2) is 73.0 Å². The first-order valence-electron chi connectivity index (χ1n) is 9.05. The first-order valence-corrected chi connectivity index (χ1v) is 9.05. The van der Waals surface area contributed by atoms with Crippen LogP contribution < -0.4 is 29.6 Å². The first-order chi connectivity index (χ1) is 16.5. The van der Waals surface area contributed by atoms with Gasteiger partial charge in [-0.1, -0.05) is 6.42 Å². The number of hydrogen-bond acceptors (Lipinski definition) is 4. The molecule has 0 aromatic rings. The van der Waals surface area contributed by atoms with Gasteiger partial charge >= 0.3 is 77.4 Å². The molecule has 4 nitrogen and oxygen atoms in total. The summed E-state index contributed by atoms with van der Waals surface area (Å²) < 4.78 is 235. The minimum atomic E-state index is -7.22. The SMILES string of the molecule is O=C([CH-]CC(=O)OCCC(F)(F)C(F)(F)C(F)(F)C(F)(F)F)OCCC(F)(F)C(F)(F)C(F)(F)C(F)(F)F.[Na+]. The molecule has 0 rings (SSSR count). The predicted octanol–water partition coefficient (Wildman–Crippen LogP) is 3.39. The zero-order valence-corrected chi connectivity index (χ0v) is 20.5. The van der Waals surface area contributed by atoms with Gasteiger partial charge in [0.05, 0.1) is 26.1 Å². The molecule has 0 N–H and O–H groups in total. The minimum Gasteiger partial charge on any atom is -0.488 e. The number of alkyl halides is 18. The molecule has 0 aliphatic heterocycles. The molecule has 0 bridgehead atoms. The van der Waals surface area contributed by atoms with Crippen LogP contribution in [0.5, 0.6) is 0 Å². The number of rotatable bonds is 13. The van der Waals surface area contributed by atoms with Gasteiger partial charge in [0, 0.05) is 0 Å². The summed E-state index contributed by atoms with van der Waals surface area (Å²) in [5, 5.41) is 0. The van der Waals surface area contributed by atoms with Crippen LogP contribution >= 0.6 is 0 Å². The average Bonchev–Trinajstić information content (AvgIpc) is 2.69. The number of carbonyl (C=O) groups excluding carboxylic acids is 2. The molecule has 0 fully saturated rings. The third-order valence-electron chi connectivity index (χ3n) is 4.19. The van der Waals surface area contributed by atoms with Gasteiger partial charge in [0.1, 0.15) is 0 Å². The number of hydrogen-bond donors (Lipinski definition) is 0. The topological polar surface area (TPSA) is 52.6 Å². The van der Waals surface area contributed by atoms with E-state index in [1.54, 1.807) is 0 Å². The molecular formula is C16H11F18NaO4. The molecule has 0 atom stereocenters. The van der Waals surface area contributed by atoms with Gasteiger partial charge in [-0.15, -0.1) is 0 Å². The van der Waals surface area contributed by atoms with E-state index in [4.69, 9.17) is 0 Å². The van der Waals surface area contributed by atoms with E-state index in [9.17, 15) is 88.6 Å². The summed E-state index contributed by atoms with van der Waals surface area (Å²) in [6.07, 6.45) is -20.9. The number of ether oxygens (including phenoxy) is 2. The summed E-state index contributed by atoms with van der Waals surface area (Å²) in [7, 11) is 0. The van der Waals surface area contributed by atoms with Crippen molar-refractivity contribution in [2.24, 2.45) is 0 Å². The fraction of sp³-hybridized carbons (Fsp3) is 0.812. The van der Waals surface area contributed by atoms with E-state index in [1.807, 2.05) is 0 Å². The summed E-state index contributed by atoms with van der Waals surface area (Å²) in [5.41, 5.74) is 0. The second-order valence-corrected chi connectivity index (χ2v) is 7.00. The van der Waals surface area contributed by atoms with Crippen LogP contribution in [0.3, 0.4) is 0 Å². The number of halogens is 18. The van der Waals surface area contributed by atoms with Crippen LogP contribution in [0.15, 0.2) is 0 Å². The van der Waals surface area contributed by atoms with Gasteiger partial charge in [0.15, 0.2) is 5.97 Å². The molecule has 226 valence electrons. The average molecular weight is 632 g/mol. The smallest absolute Gasteiger partial charge is 0.488 e. The Balaban J connectivity index is 0. The Kier molecular flexibility index (Phi) is 12.8. The fourth-order valence-electron chi connectivity index (χ4n) is 1.99. The van der Waals surface area contributed by atoms with Crippen molar-refractivity contribution in [3.63, 3.8) is 0 Å². The summed E-state index contributed by atoms with van der Waals surface area (Å²) >= 11 is 0. The zero-order chi connectivity index (χ0) is 30.8. The van der Waals surface area contributed by atoms with Crippen molar-refractivity contribution in [3.05, 3.63) is 6.42 Å². The Hall–Kier alpha value is -1.45. The van der Waals surface area contributed by atoms with Crippen molar-refractivity contribution < 1.29 is 128 Å². The summed E-state index contributed by atoms with van der Waals surface area (Å²) in [4.78, 5) is 22.3. The molecule has 0 saturated carbocycles. The van der Waals surface area contributed by atoms with E-state index in [1.165, 1.54) is 0 Å². The quantitative estimate of drug-likeness (QED) is 0.135. The maximum Gasteiger partial charge on any atom is 1.00 e. The molecule has 0 spiro atoms. The van der Waals surface area contributed by atoms with Crippen LogP contribution in [0.2, 0.25) is 0 Å². The van der Waals surface area contributed by atoms with Gasteiger partial charge in [-0.25, -0.2) is 0 Å². The van der Waals surface area contributed by atoms with Crippen LogP contribution in [0.4, 0.5) is 79.0 Å². The molecule has 0 unspecified atom stereocenters. The summed E-state index contributed by atoms with van der Waals surface area (Å²) in [6.45, 7) is -3.89. The van der Waals surface area contributed by atoms with Gasteiger partial charge in [0.25, 0.3) is 5.97 Å². The molecule has 39 heavy (non-hydrogen) atoms. The van der Waals surface area contributed by atoms with Crippen molar-refractivity contribution in [3.8, 4) is 0 Å². The van der Waals surface area contributed by atoms with Gasteiger partial charge in [-0.3, -0.25) is 16.0 Å². The Morgan fingerprint density at radius 3 is 1.13 bits per heavy atom. The molecular weight excluding hydrogens is 621 g/mol. The third-order valence-corrected chi connectivity index (χ3v) is 4.19. The van der Waals surface area contributed by atoms with E-state index in [2.05, 4.69) is 9.47 Å². The van der Waals surface area contributed by atoms with E-state index in [0.29, 0.717) is 0 Å². The van der Waals surface area contributed by atoms with E-state index >= 15 is 0 Å². The zero-order valence-electron chi connectivity index (χ0n) is 18.5. The van der Waals surface area contributed by atoms with Crippen molar-refractivity contribution in [1.82, 2.24) is 0 Å². The molecule has 0 radical (unpaired) electrons. The van der Waals surface area contributed by atoms with Crippen molar-refractivity contribution in [2.45, 2.75) is 67.2 Å². The molecule has 0 aromatic carbocycles. The van der Waals surface area contributed by atoms with Gasteiger partial charge in [0.2, 0.25) is 0 Å². The van der Waals surface area contributed by atoms with Crippen molar-refractivity contribution in [2.75, 3.05) is 13.2 Å². The van der Waals surface area contributed by atoms with Gasteiger partial charge < -0.3 is 9.47 Å². The van der Waals surface area contributed by atoms with E-state index in [0.717, 1.165) is 0 Å². The van der Waals surface area contributed by atoms with Crippen LogP contribution in [-0.2, 0) is 19.1 Å². The van der Waals surface area contributed by atoms with Gasteiger partial charge in [-0.2, -0.15) is 79.0 Å². The van der Waals surface area contributed by atoms with E-state index in [-0.39, 0.29) is 36.0 Å². The molecule has 0 saturated heterocycles. The number of carbonyl (C=O) groups is 2. The second kappa shape index (κ2) is 12.6. The second-order valence-electron chi connectivity index (χ2n) is 7.00. The number of esters is 2. The largest absolute Gasteiger partial charge is 1.00 e. The van der Waals surface area contributed by atoms with E-state index < -0.39 is 92.3 Å². The molecule has 0 amide bonds. The molecule has 0 heterocycles. The van der Waals surface area contributed by atoms with Gasteiger partial charge in [-0.05, 0) is 0 Å². The first kappa shape index (κ1) is 39.7. The normalized spacial score (nSPS) is 14.4. The summed E-state index contributed by atoms with van der Waals surface area (Å²) in [5.74, 6) is -44.5. The fourth-order valence-corrected chi connectivity index (χ4v) is 1.99. The standard InChI is InChI=1S/C16H11F18O4.Na/c17-9(18,11(21,22)13(25,26)15(29,30)31)3-5-37-7(35)1-2-8(36)38-6-4-10(19,20)12(23,24)14(27,28)16(32,33)34;/h1H,2-6H2;/q-1;+1. The Labute approximate surface area is 226 Å². The Morgan fingerprint density at radius 2 is 0.821 bits per heavy atom. The van der Waals surface area contributed by atoms with Crippen molar-refractivity contribution >= 4 is 11.9 Å². The maximum atomic E-state index is 13.2. The molecule has 0 aromatic heterocycles.